The van der Waals surface area contributed by atoms with Gasteiger partial charge < -0.3 is 34.8 Å². The lowest BCUT2D eigenvalue weighted by Gasteiger charge is -2.15. The maximum absolute atomic E-state index is 10.2. The first-order valence-electron chi connectivity index (χ1n) is 8.19. The molecule has 0 heterocycles. The molecule has 0 spiro atoms. The lowest BCUT2D eigenvalue weighted by Crippen LogP contribution is -2.23. The van der Waals surface area contributed by atoms with E-state index >= 15 is 0 Å². The lowest BCUT2D eigenvalue weighted by atomic mass is 10.1. The zero-order chi connectivity index (χ0) is 19.1. The van der Waals surface area contributed by atoms with Crippen LogP contribution in [0.5, 0.6) is 28.7 Å². The molecule has 0 radical (unpaired) electrons. The topological polar surface area (TPSA) is 100 Å². The molecule has 0 aromatic heterocycles. The molecule has 26 heavy (non-hydrogen) atoms. The van der Waals surface area contributed by atoms with Gasteiger partial charge in [-0.2, -0.15) is 0 Å². The number of methoxy groups -OCH3 is 3. The summed E-state index contributed by atoms with van der Waals surface area (Å²) in [5.74, 6) is 1.28. The number of aromatic hydroxyl groups is 2. The van der Waals surface area contributed by atoms with Crippen LogP contribution in [0.4, 0.5) is 0 Å². The van der Waals surface area contributed by atoms with Gasteiger partial charge in [0, 0.05) is 6.54 Å². The van der Waals surface area contributed by atoms with Crippen LogP contribution in [0.2, 0.25) is 0 Å². The summed E-state index contributed by atoms with van der Waals surface area (Å²) < 4.78 is 16.0. The van der Waals surface area contributed by atoms with Gasteiger partial charge in [0.15, 0.2) is 23.0 Å². The smallest absolute Gasteiger partial charge is 0.203 e. The zero-order valence-corrected chi connectivity index (χ0v) is 15.2. The molecule has 0 bridgehead atoms. The Hall–Kier alpha value is -2.64. The summed E-state index contributed by atoms with van der Waals surface area (Å²) >= 11 is 0. The average molecular weight is 363 g/mol. The predicted molar refractivity (Wildman–Crippen MR) is 97.4 cm³/mol. The number of phenolic OH excluding ortho intramolecular Hbond substituents is 2. The van der Waals surface area contributed by atoms with Crippen molar-refractivity contribution in [1.82, 2.24) is 5.32 Å². The van der Waals surface area contributed by atoms with Gasteiger partial charge in [-0.15, -0.1) is 0 Å². The molecule has 0 aliphatic carbocycles. The van der Waals surface area contributed by atoms with Gasteiger partial charge in [-0.1, -0.05) is 6.07 Å². The van der Waals surface area contributed by atoms with E-state index in [1.54, 1.807) is 27.4 Å². The van der Waals surface area contributed by atoms with Gasteiger partial charge in [0.1, 0.15) is 0 Å². The number of nitrogens with one attached hydrogen (secondary N) is 1. The van der Waals surface area contributed by atoms with Crippen molar-refractivity contribution >= 4 is 0 Å². The van der Waals surface area contributed by atoms with E-state index in [9.17, 15) is 15.3 Å². The maximum Gasteiger partial charge on any atom is 0.203 e. The van der Waals surface area contributed by atoms with E-state index in [1.165, 1.54) is 12.1 Å². The normalized spacial score (nSPS) is 11.8. The molecular weight excluding hydrogens is 338 g/mol. The van der Waals surface area contributed by atoms with Crippen molar-refractivity contribution in [2.24, 2.45) is 0 Å². The number of hydrogen-bond donors (Lipinski definition) is 4. The van der Waals surface area contributed by atoms with E-state index in [0.717, 1.165) is 5.56 Å². The van der Waals surface area contributed by atoms with Crippen LogP contribution in [0.3, 0.4) is 0 Å². The summed E-state index contributed by atoms with van der Waals surface area (Å²) in [6.07, 6.45) is -0.0917. The van der Waals surface area contributed by atoms with Gasteiger partial charge >= 0.3 is 0 Å². The highest BCUT2D eigenvalue weighted by Gasteiger charge is 2.13. The van der Waals surface area contributed by atoms with Gasteiger partial charge in [-0.3, -0.25) is 0 Å². The number of aliphatic hydroxyl groups excluding tert-OH is 1. The summed E-state index contributed by atoms with van der Waals surface area (Å²) in [6.45, 7) is 0.939. The van der Waals surface area contributed by atoms with Crippen LogP contribution in [0.1, 0.15) is 17.2 Å². The van der Waals surface area contributed by atoms with Crippen LogP contribution in [-0.2, 0) is 6.42 Å². The Labute approximate surface area is 152 Å². The molecule has 2 aromatic carbocycles. The fourth-order valence-corrected chi connectivity index (χ4v) is 2.62. The minimum atomic E-state index is -0.790. The number of aliphatic hydroxyl groups is 1. The lowest BCUT2D eigenvalue weighted by molar-refractivity contribution is 0.174. The third-order valence-electron chi connectivity index (χ3n) is 4.04. The predicted octanol–water partition coefficient (Wildman–Crippen LogP) is 1.99. The molecular formula is C19H25NO6. The quantitative estimate of drug-likeness (QED) is 0.399. The van der Waals surface area contributed by atoms with Gasteiger partial charge in [-0.25, -0.2) is 0 Å². The standard InChI is InChI=1S/C19H25NO6/c1-24-17-8-12(9-18(25-2)19(17)26-3)6-7-20-11-16(23)13-4-5-14(21)15(22)10-13/h4-5,8-10,16,20-23H,6-7,11H2,1-3H3. The van der Waals surface area contributed by atoms with Crippen LogP contribution < -0.4 is 19.5 Å². The molecule has 0 amide bonds. The summed E-state index contributed by atoms with van der Waals surface area (Å²) in [5, 5.41) is 32.1. The highest BCUT2D eigenvalue weighted by Crippen LogP contribution is 2.38. The monoisotopic (exact) mass is 363 g/mol. The summed E-state index contributed by atoms with van der Waals surface area (Å²) in [7, 11) is 4.70. The average Bonchev–Trinajstić information content (AvgIpc) is 2.66. The maximum atomic E-state index is 10.2. The van der Waals surface area contributed by atoms with Crippen molar-refractivity contribution in [2.75, 3.05) is 34.4 Å². The minimum Gasteiger partial charge on any atom is -0.504 e. The molecule has 7 heteroatoms. The summed E-state index contributed by atoms with van der Waals surface area (Å²) in [5.41, 5.74) is 1.53. The van der Waals surface area contributed by atoms with Crippen molar-refractivity contribution in [3.63, 3.8) is 0 Å². The molecule has 2 rings (SSSR count). The van der Waals surface area contributed by atoms with E-state index in [-0.39, 0.29) is 11.5 Å². The van der Waals surface area contributed by atoms with Crippen molar-refractivity contribution in [1.29, 1.82) is 0 Å². The first-order chi connectivity index (χ1) is 12.5. The number of ether oxygens (including phenoxy) is 3. The fourth-order valence-electron chi connectivity index (χ4n) is 2.62. The molecule has 4 N–H and O–H groups in total. The number of rotatable bonds is 9. The van der Waals surface area contributed by atoms with Crippen LogP contribution in [0.15, 0.2) is 30.3 Å². The first-order valence-corrected chi connectivity index (χ1v) is 8.19. The highest BCUT2D eigenvalue weighted by molar-refractivity contribution is 5.53. The van der Waals surface area contributed by atoms with E-state index in [1.807, 2.05) is 12.1 Å². The third kappa shape index (κ3) is 4.71. The van der Waals surface area contributed by atoms with Crippen LogP contribution in [-0.4, -0.2) is 49.7 Å². The Kier molecular flexibility index (Phi) is 6.94. The fraction of sp³-hybridized carbons (Fsp3) is 0.368. The number of phenols is 2. The largest absolute Gasteiger partial charge is 0.504 e. The molecule has 2 aromatic rings. The van der Waals surface area contributed by atoms with Gasteiger partial charge in [0.25, 0.3) is 0 Å². The first kappa shape index (κ1) is 19.7. The number of benzene rings is 2. The molecule has 0 aliphatic rings. The third-order valence-corrected chi connectivity index (χ3v) is 4.04. The van der Waals surface area contributed by atoms with E-state index in [4.69, 9.17) is 14.2 Å². The van der Waals surface area contributed by atoms with E-state index in [2.05, 4.69) is 5.32 Å². The molecule has 1 atom stereocenters. The molecule has 142 valence electrons. The molecule has 7 nitrogen and oxygen atoms in total. The van der Waals surface area contributed by atoms with E-state index < -0.39 is 6.10 Å². The van der Waals surface area contributed by atoms with Gasteiger partial charge in [0.05, 0.1) is 27.4 Å². The zero-order valence-electron chi connectivity index (χ0n) is 15.2. The minimum absolute atomic E-state index is 0.212. The van der Waals surface area contributed by atoms with Gasteiger partial charge in [0.2, 0.25) is 5.75 Å². The van der Waals surface area contributed by atoms with Crippen LogP contribution in [0.25, 0.3) is 0 Å². The van der Waals surface area contributed by atoms with Crippen molar-refractivity contribution in [3.8, 4) is 28.7 Å². The van der Waals surface area contributed by atoms with Crippen LogP contribution >= 0.6 is 0 Å². The molecule has 0 saturated carbocycles. The van der Waals surface area contributed by atoms with Crippen molar-refractivity contribution in [3.05, 3.63) is 41.5 Å². The van der Waals surface area contributed by atoms with Gasteiger partial charge in [-0.05, 0) is 48.4 Å². The number of hydrogen-bond acceptors (Lipinski definition) is 7. The van der Waals surface area contributed by atoms with E-state index in [0.29, 0.717) is 42.3 Å². The van der Waals surface area contributed by atoms with Crippen molar-refractivity contribution < 1.29 is 29.5 Å². The van der Waals surface area contributed by atoms with Crippen molar-refractivity contribution in [2.45, 2.75) is 12.5 Å². The second kappa shape index (κ2) is 9.17. The molecule has 1 unspecified atom stereocenters. The molecule has 0 saturated heterocycles. The Morgan fingerprint density at radius 3 is 2.12 bits per heavy atom. The van der Waals surface area contributed by atoms with Crippen LogP contribution in [0, 0.1) is 0 Å². The second-order valence-electron chi connectivity index (χ2n) is 5.75. The summed E-state index contributed by atoms with van der Waals surface area (Å²) in [4.78, 5) is 0. The highest BCUT2D eigenvalue weighted by atomic mass is 16.5. The summed E-state index contributed by atoms with van der Waals surface area (Å²) in [6, 6.07) is 8.04. The molecule has 0 aliphatic heterocycles. The Balaban J connectivity index is 1.92. The Morgan fingerprint density at radius 2 is 1.58 bits per heavy atom. The Morgan fingerprint density at radius 1 is 0.923 bits per heavy atom. The second-order valence-corrected chi connectivity index (χ2v) is 5.75. The molecule has 0 fully saturated rings. The SMILES string of the molecule is COc1cc(CCNCC(O)c2ccc(O)c(O)c2)cc(OC)c1OC. The Bertz CT molecular complexity index is 709.